The molecule has 0 N–H and O–H groups in total. The van der Waals surface area contributed by atoms with Gasteiger partial charge >= 0.3 is 0 Å². The number of carbonyl (C=O) groups excluding carboxylic acids is 1. The quantitative estimate of drug-likeness (QED) is 0.420. The third kappa shape index (κ3) is 3.05. The lowest BCUT2D eigenvalue weighted by atomic mass is 9.46. The average Bonchev–Trinajstić information content (AvgIpc) is 2.96. The molecule has 1 unspecified atom stereocenters. The summed E-state index contributed by atoms with van der Waals surface area (Å²) < 4.78 is 0. The Morgan fingerprint density at radius 3 is 2.60 bits per heavy atom. The van der Waals surface area contributed by atoms with E-state index in [4.69, 9.17) is 0 Å². The molecule has 6 atom stereocenters. The molecule has 0 aromatic carbocycles. The summed E-state index contributed by atoms with van der Waals surface area (Å²) in [6.45, 7) is 18.7. The second-order valence-corrected chi connectivity index (χ2v) is 12.1. The Labute approximate surface area is 185 Å². The van der Waals surface area contributed by atoms with Crippen LogP contribution in [0.25, 0.3) is 0 Å². The van der Waals surface area contributed by atoms with Gasteiger partial charge in [0.1, 0.15) is 5.78 Å². The van der Waals surface area contributed by atoms with E-state index in [0.29, 0.717) is 28.4 Å². The molecule has 1 heteroatoms. The number of ketones is 1. The Kier molecular flexibility index (Phi) is 5.52. The largest absolute Gasteiger partial charge is 0.299 e. The lowest BCUT2D eigenvalue weighted by Gasteiger charge is -2.57. The van der Waals surface area contributed by atoms with E-state index in [9.17, 15) is 4.79 Å². The van der Waals surface area contributed by atoms with Crippen LogP contribution in [0.3, 0.4) is 0 Å². The van der Waals surface area contributed by atoms with Crippen molar-refractivity contribution in [1.82, 2.24) is 0 Å². The van der Waals surface area contributed by atoms with Gasteiger partial charge in [0.05, 0.1) is 0 Å². The number of hydrogen-bond donors (Lipinski definition) is 0. The van der Waals surface area contributed by atoms with Crippen LogP contribution in [-0.4, -0.2) is 5.78 Å². The molecule has 0 heterocycles. The predicted octanol–water partition coefficient (Wildman–Crippen LogP) is 8.07. The summed E-state index contributed by atoms with van der Waals surface area (Å²) in [5, 5.41) is 0. The number of hydrogen-bond acceptors (Lipinski definition) is 1. The van der Waals surface area contributed by atoms with Crippen LogP contribution in [0.4, 0.5) is 0 Å². The maximum atomic E-state index is 12.4. The van der Waals surface area contributed by atoms with Gasteiger partial charge in [0.2, 0.25) is 0 Å². The fraction of sp³-hybridized carbons (Fsp3) is 0.759. The molecule has 0 aromatic rings. The van der Waals surface area contributed by atoms with E-state index in [2.05, 4.69) is 60.3 Å². The van der Waals surface area contributed by atoms with Gasteiger partial charge < -0.3 is 0 Å². The van der Waals surface area contributed by atoms with Gasteiger partial charge in [-0.05, 0) is 96.5 Å². The number of fused-ring (bicyclic) bond motifs is 5. The molecule has 0 aliphatic heterocycles. The highest BCUT2D eigenvalue weighted by Crippen LogP contribution is 2.70. The van der Waals surface area contributed by atoms with E-state index in [1.807, 2.05) is 0 Å². The van der Waals surface area contributed by atoms with E-state index in [0.717, 1.165) is 25.2 Å². The predicted molar refractivity (Wildman–Crippen MR) is 127 cm³/mol. The van der Waals surface area contributed by atoms with Gasteiger partial charge in [-0.3, -0.25) is 4.79 Å². The molecule has 0 amide bonds. The van der Waals surface area contributed by atoms with Crippen molar-refractivity contribution in [2.75, 3.05) is 0 Å². The van der Waals surface area contributed by atoms with Crippen LogP contribution in [0, 0.1) is 39.9 Å². The zero-order chi connectivity index (χ0) is 21.9. The first-order valence-electron chi connectivity index (χ1n) is 12.7. The smallest absolute Gasteiger partial charge is 0.136 e. The molecular formula is C29H44O. The maximum Gasteiger partial charge on any atom is 0.136 e. The Morgan fingerprint density at radius 2 is 1.90 bits per heavy atom. The number of carbonyl (C=O) groups is 1. The molecule has 4 aliphatic carbocycles. The molecule has 30 heavy (non-hydrogen) atoms. The van der Waals surface area contributed by atoms with E-state index in [1.165, 1.54) is 44.1 Å². The zero-order valence-corrected chi connectivity index (χ0v) is 20.4. The van der Waals surface area contributed by atoms with Crippen LogP contribution in [-0.2, 0) is 4.79 Å². The molecule has 1 nitrogen and oxygen atoms in total. The van der Waals surface area contributed by atoms with Gasteiger partial charge in [0.25, 0.3) is 0 Å². The molecule has 4 rings (SSSR count). The molecule has 2 saturated carbocycles. The minimum absolute atomic E-state index is 0.203. The minimum atomic E-state index is 0.203. The van der Waals surface area contributed by atoms with Crippen molar-refractivity contribution < 1.29 is 4.79 Å². The summed E-state index contributed by atoms with van der Waals surface area (Å²) in [7, 11) is 0. The van der Waals surface area contributed by atoms with Crippen molar-refractivity contribution in [3.8, 4) is 0 Å². The van der Waals surface area contributed by atoms with Crippen molar-refractivity contribution in [2.45, 2.75) is 99.3 Å². The highest BCUT2D eigenvalue weighted by Gasteiger charge is 2.60. The van der Waals surface area contributed by atoms with Crippen molar-refractivity contribution in [2.24, 2.45) is 39.9 Å². The van der Waals surface area contributed by atoms with E-state index < -0.39 is 0 Å². The SMILES string of the molecule is C=C(CCC[C@H]1CC[C@@]2(C)C3=CCC4[C@@H](C)C(=O)CC[C@]4(C)C3=CC[C@]12C)C(C)C. The van der Waals surface area contributed by atoms with Gasteiger partial charge in [0.15, 0.2) is 0 Å². The summed E-state index contributed by atoms with van der Waals surface area (Å²) in [5.41, 5.74) is 5.60. The first-order valence-corrected chi connectivity index (χ1v) is 12.7. The van der Waals surface area contributed by atoms with Gasteiger partial charge in [-0.25, -0.2) is 0 Å². The minimum Gasteiger partial charge on any atom is -0.299 e. The monoisotopic (exact) mass is 408 g/mol. The summed E-state index contributed by atoms with van der Waals surface area (Å²) in [5.74, 6) is 2.64. The van der Waals surface area contributed by atoms with Crippen LogP contribution < -0.4 is 0 Å². The standard InChI is InChI=1S/C29H44O/c1-19(2)20(3)9-8-10-22-13-17-29(7)25-12-11-23-21(4)26(30)15-16-27(23,5)24(25)14-18-28(22,29)6/h12,14,19,21-23H,3,8-11,13,15-18H2,1-2,4-7H3/t21-,22+,23?,27+,28-,29+/m1/s1. The second kappa shape index (κ2) is 7.49. The van der Waals surface area contributed by atoms with Crippen LogP contribution in [0.15, 0.2) is 35.5 Å². The van der Waals surface area contributed by atoms with Gasteiger partial charge in [-0.1, -0.05) is 65.8 Å². The highest BCUT2D eigenvalue weighted by atomic mass is 16.1. The lowest BCUT2D eigenvalue weighted by molar-refractivity contribution is -0.129. The topological polar surface area (TPSA) is 17.1 Å². The van der Waals surface area contributed by atoms with E-state index >= 15 is 0 Å². The van der Waals surface area contributed by atoms with Crippen molar-refractivity contribution >= 4 is 5.78 Å². The molecule has 0 bridgehead atoms. The Balaban J connectivity index is 1.58. The molecule has 0 aromatic heterocycles. The average molecular weight is 409 g/mol. The van der Waals surface area contributed by atoms with E-state index in [-0.39, 0.29) is 11.3 Å². The maximum absolute atomic E-state index is 12.4. The zero-order valence-electron chi connectivity index (χ0n) is 20.4. The third-order valence-corrected chi connectivity index (χ3v) is 10.6. The number of allylic oxidation sites excluding steroid dienone is 5. The van der Waals surface area contributed by atoms with E-state index in [1.54, 1.807) is 11.1 Å². The Morgan fingerprint density at radius 1 is 1.17 bits per heavy atom. The van der Waals surface area contributed by atoms with Crippen LogP contribution >= 0.6 is 0 Å². The molecular weight excluding hydrogens is 364 g/mol. The summed E-state index contributed by atoms with van der Waals surface area (Å²) in [6, 6.07) is 0. The highest BCUT2D eigenvalue weighted by molar-refractivity contribution is 5.82. The molecule has 166 valence electrons. The van der Waals surface area contributed by atoms with Crippen molar-refractivity contribution in [3.05, 3.63) is 35.5 Å². The Hall–Kier alpha value is -1.11. The fourth-order valence-corrected chi connectivity index (χ4v) is 7.89. The number of Topliss-reactive ketones (excluding diaryl/α,β-unsaturated/α-hetero) is 1. The van der Waals surface area contributed by atoms with Crippen LogP contribution in [0.5, 0.6) is 0 Å². The summed E-state index contributed by atoms with van der Waals surface area (Å²) in [6.07, 6.45) is 15.9. The number of rotatable bonds is 5. The van der Waals surface area contributed by atoms with Crippen molar-refractivity contribution in [3.63, 3.8) is 0 Å². The first-order chi connectivity index (χ1) is 14.0. The van der Waals surface area contributed by atoms with Crippen molar-refractivity contribution in [1.29, 1.82) is 0 Å². The normalized spacial score (nSPS) is 42.9. The summed E-state index contributed by atoms with van der Waals surface area (Å²) >= 11 is 0. The first kappa shape index (κ1) is 22.1. The third-order valence-electron chi connectivity index (χ3n) is 10.6. The lowest BCUT2D eigenvalue weighted by Crippen LogP contribution is -2.49. The summed E-state index contributed by atoms with van der Waals surface area (Å²) in [4.78, 5) is 12.4. The molecule has 0 spiro atoms. The second-order valence-electron chi connectivity index (χ2n) is 12.1. The van der Waals surface area contributed by atoms with Crippen LogP contribution in [0.2, 0.25) is 0 Å². The fourth-order valence-electron chi connectivity index (χ4n) is 7.89. The van der Waals surface area contributed by atoms with Gasteiger partial charge in [-0.15, -0.1) is 0 Å². The molecule has 2 fully saturated rings. The van der Waals surface area contributed by atoms with Crippen LogP contribution in [0.1, 0.15) is 99.3 Å². The Bertz CT molecular complexity index is 797. The molecule has 0 radical (unpaired) electrons. The van der Waals surface area contributed by atoms with Gasteiger partial charge in [-0.2, -0.15) is 0 Å². The molecule has 0 saturated heterocycles. The molecule has 4 aliphatic rings. The van der Waals surface area contributed by atoms with Gasteiger partial charge in [0, 0.05) is 12.3 Å².